The van der Waals surface area contributed by atoms with Gasteiger partial charge < -0.3 is 5.32 Å². The molecule has 0 aliphatic heterocycles. The molecule has 0 radical (unpaired) electrons. The van der Waals surface area contributed by atoms with E-state index in [1.54, 1.807) is 0 Å². The molecule has 0 aromatic heterocycles. The molecule has 4 nitrogen and oxygen atoms in total. The summed E-state index contributed by atoms with van der Waals surface area (Å²) in [5, 5.41) is 12.0. The summed E-state index contributed by atoms with van der Waals surface area (Å²) >= 11 is 1.30. The van der Waals surface area contributed by atoms with E-state index < -0.39 is 0 Å². The minimum atomic E-state index is -0.152. The summed E-state index contributed by atoms with van der Waals surface area (Å²) in [7, 11) is 0. The molecule has 0 bridgehead atoms. The third kappa shape index (κ3) is 4.97. The molecule has 0 heterocycles. The van der Waals surface area contributed by atoms with Gasteiger partial charge in [-0.2, -0.15) is 5.26 Å². The standard InChI is InChI=1S/C18H20N2O2S/c1-18(2)8-15(21)14(10-19)16(9-18)23-12-17(22)20-11-13-6-4-3-5-7-13/h3-7H,8-9,11-12H2,1-2H3,(H,20,22). The Balaban J connectivity index is 1.92. The van der Waals surface area contributed by atoms with E-state index in [1.807, 2.05) is 50.2 Å². The van der Waals surface area contributed by atoms with Gasteiger partial charge in [-0.05, 0) is 17.4 Å². The summed E-state index contributed by atoms with van der Waals surface area (Å²) in [5.41, 5.74) is 1.11. The van der Waals surface area contributed by atoms with Gasteiger partial charge in [0.25, 0.3) is 0 Å². The van der Waals surface area contributed by atoms with Crippen LogP contribution in [0.2, 0.25) is 0 Å². The van der Waals surface area contributed by atoms with Crippen molar-refractivity contribution < 1.29 is 9.59 Å². The van der Waals surface area contributed by atoms with Gasteiger partial charge in [0.1, 0.15) is 11.6 Å². The molecule has 1 aromatic rings. The number of benzene rings is 1. The van der Waals surface area contributed by atoms with Crippen molar-refractivity contribution in [2.75, 3.05) is 5.75 Å². The lowest BCUT2D eigenvalue weighted by atomic mass is 9.78. The fraction of sp³-hybridized carbons (Fsp3) is 0.389. The van der Waals surface area contributed by atoms with Crippen LogP contribution in [0.5, 0.6) is 0 Å². The van der Waals surface area contributed by atoms with Crippen molar-refractivity contribution in [1.82, 2.24) is 5.32 Å². The van der Waals surface area contributed by atoms with E-state index in [4.69, 9.17) is 0 Å². The van der Waals surface area contributed by atoms with Gasteiger partial charge in [0.15, 0.2) is 5.78 Å². The van der Waals surface area contributed by atoms with Crippen LogP contribution in [0.3, 0.4) is 0 Å². The number of rotatable bonds is 5. The maximum atomic E-state index is 12.0. The summed E-state index contributed by atoms with van der Waals surface area (Å²) < 4.78 is 0. The molecular weight excluding hydrogens is 308 g/mol. The van der Waals surface area contributed by atoms with Gasteiger partial charge in [-0.3, -0.25) is 9.59 Å². The topological polar surface area (TPSA) is 70.0 Å². The molecule has 0 saturated heterocycles. The summed E-state index contributed by atoms with van der Waals surface area (Å²) in [4.78, 5) is 24.7. The predicted octanol–water partition coefficient (Wildman–Crippen LogP) is 3.20. The highest BCUT2D eigenvalue weighted by Gasteiger charge is 2.33. The van der Waals surface area contributed by atoms with E-state index in [-0.39, 0.29) is 28.4 Å². The first-order valence-corrected chi connectivity index (χ1v) is 8.50. The SMILES string of the molecule is CC1(C)CC(=O)C(C#N)=C(SCC(=O)NCc2ccccc2)C1. The number of hydrogen-bond acceptors (Lipinski definition) is 4. The molecule has 1 aliphatic carbocycles. The predicted molar refractivity (Wildman–Crippen MR) is 91.4 cm³/mol. The fourth-order valence-electron chi connectivity index (χ4n) is 2.51. The van der Waals surface area contributed by atoms with Crippen LogP contribution in [-0.2, 0) is 16.1 Å². The third-order valence-electron chi connectivity index (χ3n) is 3.66. The van der Waals surface area contributed by atoms with Gasteiger partial charge in [-0.25, -0.2) is 0 Å². The second-order valence-corrected chi connectivity index (χ2v) is 7.47. The minimum Gasteiger partial charge on any atom is -0.351 e. The number of nitriles is 1. The average molecular weight is 328 g/mol. The Morgan fingerprint density at radius 1 is 1.30 bits per heavy atom. The van der Waals surface area contributed by atoms with Gasteiger partial charge in [-0.1, -0.05) is 44.2 Å². The number of carbonyl (C=O) groups is 2. The lowest BCUT2D eigenvalue weighted by Gasteiger charge is -2.29. The molecule has 1 aliphatic rings. The molecule has 23 heavy (non-hydrogen) atoms. The summed E-state index contributed by atoms with van der Waals surface area (Å²) in [6.07, 6.45) is 1.05. The third-order valence-corrected chi connectivity index (χ3v) is 4.76. The summed E-state index contributed by atoms with van der Waals surface area (Å²) in [5.74, 6) is 0.00638. The van der Waals surface area contributed by atoms with E-state index in [1.165, 1.54) is 11.8 Å². The number of carbonyl (C=O) groups excluding carboxylic acids is 2. The zero-order valence-electron chi connectivity index (χ0n) is 13.4. The van der Waals surface area contributed by atoms with E-state index in [2.05, 4.69) is 5.32 Å². The van der Waals surface area contributed by atoms with E-state index >= 15 is 0 Å². The lowest BCUT2D eigenvalue weighted by molar-refractivity contribution is -0.119. The van der Waals surface area contributed by atoms with Gasteiger partial charge in [0.05, 0.1) is 5.75 Å². The van der Waals surface area contributed by atoms with Crippen LogP contribution in [0.4, 0.5) is 0 Å². The van der Waals surface area contributed by atoms with Crippen LogP contribution in [0.25, 0.3) is 0 Å². The van der Waals surface area contributed by atoms with E-state index in [9.17, 15) is 14.9 Å². The number of thioether (sulfide) groups is 1. The van der Waals surface area contributed by atoms with Crippen LogP contribution < -0.4 is 5.32 Å². The minimum absolute atomic E-state index is 0.0977. The maximum Gasteiger partial charge on any atom is 0.230 e. The van der Waals surface area contributed by atoms with Crippen LogP contribution in [0.15, 0.2) is 40.8 Å². The zero-order chi connectivity index (χ0) is 16.9. The van der Waals surface area contributed by atoms with Crippen molar-refractivity contribution >= 4 is 23.5 Å². The quantitative estimate of drug-likeness (QED) is 0.901. The van der Waals surface area contributed by atoms with Crippen LogP contribution in [0, 0.1) is 16.7 Å². The second-order valence-electron chi connectivity index (χ2n) is 6.40. The number of amides is 1. The molecule has 0 atom stereocenters. The van der Waals surface area contributed by atoms with Crippen LogP contribution in [0.1, 0.15) is 32.3 Å². The largest absolute Gasteiger partial charge is 0.351 e. The van der Waals surface area contributed by atoms with Gasteiger partial charge in [0.2, 0.25) is 5.91 Å². The fourth-order valence-corrected chi connectivity index (χ4v) is 3.72. The Morgan fingerprint density at radius 2 is 2.00 bits per heavy atom. The van der Waals surface area contributed by atoms with Crippen LogP contribution in [-0.4, -0.2) is 17.4 Å². The molecular formula is C18H20N2O2S. The Hall–Kier alpha value is -2.06. The Bertz CT molecular complexity index is 672. The first-order chi connectivity index (χ1) is 10.9. The van der Waals surface area contributed by atoms with Crippen molar-refractivity contribution in [3.8, 4) is 6.07 Å². The van der Waals surface area contributed by atoms with Crippen molar-refractivity contribution in [2.24, 2.45) is 5.41 Å². The van der Waals surface area contributed by atoms with E-state index in [0.29, 0.717) is 19.4 Å². The molecule has 0 unspecified atom stereocenters. The highest BCUT2D eigenvalue weighted by atomic mass is 32.2. The molecule has 1 N–H and O–H groups in total. The smallest absolute Gasteiger partial charge is 0.230 e. The van der Waals surface area contributed by atoms with Crippen molar-refractivity contribution in [3.05, 3.63) is 46.4 Å². The molecule has 0 saturated carbocycles. The second kappa shape index (κ2) is 7.47. The van der Waals surface area contributed by atoms with Crippen LogP contribution >= 0.6 is 11.8 Å². The van der Waals surface area contributed by atoms with Gasteiger partial charge in [0, 0.05) is 17.9 Å². The maximum absolute atomic E-state index is 12.0. The number of allylic oxidation sites excluding steroid dienone is 2. The molecule has 120 valence electrons. The Morgan fingerprint density at radius 3 is 2.65 bits per heavy atom. The highest BCUT2D eigenvalue weighted by molar-refractivity contribution is 8.03. The number of Topliss-reactive ketones (excluding diaryl/α,β-unsaturated/α-hetero) is 1. The Kier molecular flexibility index (Phi) is 5.62. The van der Waals surface area contributed by atoms with Crippen molar-refractivity contribution in [3.63, 3.8) is 0 Å². The first kappa shape index (κ1) is 17.3. The average Bonchev–Trinajstić information content (AvgIpc) is 2.50. The summed E-state index contributed by atoms with van der Waals surface area (Å²) in [6.45, 7) is 4.50. The normalized spacial score (nSPS) is 16.8. The molecule has 5 heteroatoms. The Labute approximate surface area is 141 Å². The van der Waals surface area contributed by atoms with Gasteiger partial charge >= 0.3 is 0 Å². The number of hydrogen-bond donors (Lipinski definition) is 1. The van der Waals surface area contributed by atoms with E-state index in [0.717, 1.165) is 10.5 Å². The lowest BCUT2D eigenvalue weighted by Crippen LogP contribution is -2.27. The summed E-state index contributed by atoms with van der Waals surface area (Å²) in [6, 6.07) is 11.7. The first-order valence-electron chi connectivity index (χ1n) is 7.51. The van der Waals surface area contributed by atoms with Crippen molar-refractivity contribution in [1.29, 1.82) is 5.26 Å². The number of nitrogens with one attached hydrogen (secondary N) is 1. The number of nitrogens with zero attached hydrogens (tertiary/aromatic N) is 1. The van der Waals surface area contributed by atoms with Crippen molar-refractivity contribution in [2.45, 2.75) is 33.2 Å². The molecule has 1 amide bonds. The molecule has 0 fully saturated rings. The molecule has 2 rings (SSSR count). The van der Waals surface area contributed by atoms with Gasteiger partial charge in [-0.15, -0.1) is 11.8 Å². The highest BCUT2D eigenvalue weighted by Crippen LogP contribution is 2.41. The number of ketones is 1. The zero-order valence-corrected chi connectivity index (χ0v) is 14.2. The molecule has 0 spiro atoms. The molecule has 1 aromatic carbocycles. The monoisotopic (exact) mass is 328 g/mol.